The van der Waals surface area contributed by atoms with Gasteiger partial charge in [0.1, 0.15) is 18.2 Å². The number of ether oxygens (including phenoxy) is 1. The fourth-order valence-corrected chi connectivity index (χ4v) is 1.20. The van der Waals surface area contributed by atoms with Crippen molar-refractivity contribution >= 4 is 17.3 Å². The van der Waals surface area contributed by atoms with Gasteiger partial charge in [-0.1, -0.05) is 27.7 Å². The van der Waals surface area contributed by atoms with Gasteiger partial charge in [0, 0.05) is 24.9 Å². The molecule has 4 heteroatoms. The molecule has 0 aromatic heterocycles. The van der Waals surface area contributed by atoms with Crippen LogP contribution in [0.1, 0.15) is 47.0 Å². The number of hydrogen-bond acceptors (Lipinski definition) is 4. The van der Waals surface area contributed by atoms with Crippen molar-refractivity contribution in [2.24, 2.45) is 11.8 Å². The van der Waals surface area contributed by atoms with Gasteiger partial charge in [0.15, 0.2) is 5.78 Å². The second kappa shape index (κ2) is 8.97. The van der Waals surface area contributed by atoms with E-state index in [0.717, 1.165) is 0 Å². The fourth-order valence-electron chi connectivity index (χ4n) is 1.20. The SMILES string of the molecule is CC(C)C(=O)COCCCC(=O)CC(=O)C(C)C. The molecule has 0 rings (SSSR count). The topological polar surface area (TPSA) is 60.4 Å². The third-order valence-corrected chi connectivity index (χ3v) is 2.65. The minimum absolute atomic E-state index is 0.0165. The van der Waals surface area contributed by atoms with Gasteiger partial charge in [-0.25, -0.2) is 0 Å². The highest BCUT2D eigenvalue weighted by Gasteiger charge is 2.12. The van der Waals surface area contributed by atoms with Crippen LogP contribution in [0.4, 0.5) is 0 Å². The number of rotatable bonds is 10. The molecule has 0 aliphatic heterocycles. The largest absolute Gasteiger partial charge is 0.374 e. The quantitative estimate of drug-likeness (QED) is 0.444. The van der Waals surface area contributed by atoms with Crippen molar-refractivity contribution in [3.63, 3.8) is 0 Å². The second-order valence-electron chi connectivity index (χ2n) is 5.11. The molecule has 0 aliphatic rings. The maximum Gasteiger partial charge on any atom is 0.160 e. The first-order valence-electron chi connectivity index (χ1n) is 6.49. The third-order valence-electron chi connectivity index (χ3n) is 2.65. The van der Waals surface area contributed by atoms with Gasteiger partial charge < -0.3 is 4.74 Å². The highest BCUT2D eigenvalue weighted by atomic mass is 16.5. The van der Waals surface area contributed by atoms with E-state index in [1.807, 2.05) is 13.8 Å². The van der Waals surface area contributed by atoms with Gasteiger partial charge in [0.2, 0.25) is 0 Å². The molecule has 0 aromatic carbocycles. The summed E-state index contributed by atoms with van der Waals surface area (Å²) in [5.74, 6) is -0.108. The Labute approximate surface area is 109 Å². The molecule has 18 heavy (non-hydrogen) atoms. The van der Waals surface area contributed by atoms with Gasteiger partial charge in [-0.3, -0.25) is 14.4 Å². The van der Waals surface area contributed by atoms with E-state index in [2.05, 4.69) is 0 Å². The lowest BCUT2D eigenvalue weighted by Crippen LogP contribution is -2.16. The van der Waals surface area contributed by atoms with E-state index < -0.39 is 0 Å². The smallest absolute Gasteiger partial charge is 0.160 e. The monoisotopic (exact) mass is 256 g/mol. The second-order valence-corrected chi connectivity index (χ2v) is 5.11. The van der Waals surface area contributed by atoms with Crippen LogP contribution in [0.25, 0.3) is 0 Å². The summed E-state index contributed by atoms with van der Waals surface area (Å²) in [6.07, 6.45) is 0.923. The van der Waals surface area contributed by atoms with E-state index in [4.69, 9.17) is 4.74 Å². The van der Waals surface area contributed by atoms with Crippen LogP contribution in [0.2, 0.25) is 0 Å². The Morgan fingerprint density at radius 3 is 2.00 bits per heavy atom. The maximum atomic E-state index is 11.4. The average molecular weight is 256 g/mol. The summed E-state index contributed by atoms with van der Waals surface area (Å²) in [6, 6.07) is 0. The van der Waals surface area contributed by atoms with Crippen LogP contribution in [-0.4, -0.2) is 30.6 Å². The molecule has 0 heterocycles. The molecular weight excluding hydrogens is 232 g/mol. The highest BCUT2D eigenvalue weighted by molar-refractivity contribution is 5.99. The number of Topliss-reactive ketones (excluding diaryl/α,β-unsaturated/α-hetero) is 3. The van der Waals surface area contributed by atoms with Crippen molar-refractivity contribution in [1.82, 2.24) is 0 Å². The Kier molecular flexibility index (Phi) is 8.46. The summed E-state index contributed by atoms with van der Waals surface area (Å²) in [6.45, 7) is 7.73. The van der Waals surface area contributed by atoms with Crippen LogP contribution in [-0.2, 0) is 19.1 Å². The minimum atomic E-state index is -0.0890. The molecule has 0 fully saturated rings. The molecule has 0 spiro atoms. The molecule has 0 aromatic rings. The van der Waals surface area contributed by atoms with Gasteiger partial charge >= 0.3 is 0 Å². The molecule has 0 radical (unpaired) electrons. The van der Waals surface area contributed by atoms with E-state index >= 15 is 0 Å². The van der Waals surface area contributed by atoms with Crippen molar-refractivity contribution < 1.29 is 19.1 Å². The fraction of sp³-hybridized carbons (Fsp3) is 0.786. The lowest BCUT2D eigenvalue weighted by atomic mass is 10.0. The number of hydrogen-bond donors (Lipinski definition) is 0. The normalized spacial score (nSPS) is 11.0. The predicted molar refractivity (Wildman–Crippen MR) is 69.4 cm³/mol. The van der Waals surface area contributed by atoms with Crippen molar-refractivity contribution in [3.05, 3.63) is 0 Å². The molecule has 0 saturated carbocycles. The molecule has 0 N–H and O–H groups in total. The summed E-state index contributed by atoms with van der Waals surface area (Å²) in [5, 5.41) is 0. The number of carbonyl (C=O) groups is 3. The number of carbonyl (C=O) groups excluding carboxylic acids is 3. The standard InChI is InChI=1S/C14H24O4/c1-10(2)13(16)8-12(15)6-5-7-18-9-14(17)11(3)4/h10-11H,5-9H2,1-4H3. The lowest BCUT2D eigenvalue weighted by molar-refractivity contribution is -0.128. The van der Waals surface area contributed by atoms with Crippen molar-refractivity contribution in [3.8, 4) is 0 Å². The Balaban J connectivity index is 3.58. The van der Waals surface area contributed by atoms with E-state index in [0.29, 0.717) is 19.4 Å². The zero-order chi connectivity index (χ0) is 14.1. The minimum Gasteiger partial charge on any atom is -0.374 e. The van der Waals surface area contributed by atoms with Gasteiger partial charge in [0.05, 0.1) is 6.42 Å². The number of ketones is 3. The zero-order valence-corrected chi connectivity index (χ0v) is 11.8. The molecule has 0 atom stereocenters. The zero-order valence-electron chi connectivity index (χ0n) is 11.8. The maximum absolute atomic E-state index is 11.4. The van der Waals surface area contributed by atoms with E-state index in [-0.39, 0.29) is 42.2 Å². The molecule has 4 nitrogen and oxygen atoms in total. The molecule has 0 bridgehead atoms. The first-order valence-corrected chi connectivity index (χ1v) is 6.49. The summed E-state index contributed by atoms with van der Waals surface area (Å²) < 4.78 is 5.17. The Morgan fingerprint density at radius 1 is 0.944 bits per heavy atom. The van der Waals surface area contributed by atoms with Crippen LogP contribution in [0.3, 0.4) is 0 Å². The highest BCUT2D eigenvalue weighted by Crippen LogP contribution is 2.03. The summed E-state index contributed by atoms with van der Waals surface area (Å²) in [4.78, 5) is 34.0. The Bertz CT molecular complexity index is 292. The van der Waals surface area contributed by atoms with Gasteiger partial charge in [-0.15, -0.1) is 0 Å². The van der Waals surface area contributed by atoms with Crippen molar-refractivity contribution in [2.75, 3.05) is 13.2 Å². The molecule has 0 unspecified atom stereocenters. The Hall–Kier alpha value is -1.03. The average Bonchev–Trinajstić information content (AvgIpc) is 2.27. The van der Waals surface area contributed by atoms with Crippen molar-refractivity contribution in [1.29, 1.82) is 0 Å². The van der Waals surface area contributed by atoms with Gasteiger partial charge in [0.25, 0.3) is 0 Å². The predicted octanol–water partition coefficient (Wildman–Crippen LogP) is 2.19. The van der Waals surface area contributed by atoms with Crippen LogP contribution >= 0.6 is 0 Å². The van der Waals surface area contributed by atoms with E-state index in [1.54, 1.807) is 13.8 Å². The van der Waals surface area contributed by atoms with Gasteiger partial charge in [-0.2, -0.15) is 0 Å². The molecule has 104 valence electrons. The van der Waals surface area contributed by atoms with Crippen LogP contribution in [0.15, 0.2) is 0 Å². The van der Waals surface area contributed by atoms with E-state index in [9.17, 15) is 14.4 Å². The summed E-state index contributed by atoms with van der Waals surface area (Å²) in [7, 11) is 0. The molecule has 0 aliphatic carbocycles. The van der Waals surface area contributed by atoms with Crippen LogP contribution in [0.5, 0.6) is 0 Å². The first kappa shape index (κ1) is 17.0. The van der Waals surface area contributed by atoms with Crippen LogP contribution < -0.4 is 0 Å². The Morgan fingerprint density at radius 2 is 1.50 bits per heavy atom. The first-order chi connectivity index (χ1) is 8.34. The summed E-state index contributed by atoms with van der Waals surface area (Å²) >= 11 is 0. The molecule has 0 saturated heterocycles. The lowest BCUT2D eigenvalue weighted by Gasteiger charge is -2.06. The molecule has 0 amide bonds. The van der Waals surface area contributed by atoms with Crippen molar-refractivity contribution in [2.45, 2.75) is 47.0 Å². The third kappa shape index (κ3) is 8.12. The van der Waals surface area contributed by atoms with Gasteiger partial charge in [-0.05, 0) is 6.42 Å². The summed E-state index contributed by atoms with van der Waals surface area (Å²) in [5.41, 5.74) is 0. The van der Waals surface area contributed by atoms with E-state index in [1.165, 1.54) is 0 Å². The molecular formula is C14H24O4. The van der Waals surface area contributed by atoms with Crippen LogP contribution in [0, 0.1) is 11.8 Å².